The van der Waals surface area contributed by atoms with Crippen molar-refractivity contribution in [3.63, 3.8) is 0 Å². The Labute approximate surface area is 140 Å². The van der Waals surface area contributed by atoms with Gasteiger partial charge in [-0.3, -0.25) is 0 Å². The number of rotatable bonds is 6. The molecule has 1 unspecified atom stereocenters. The van der Waals surface area contributed by atoms with E-state index in [1.807, 2.05) is 24.3 Å². The fourth-order valence-electron chi connectivity index (χ4n) is 2.66. The molecule has 7 heteroatoms. The van der Waals surface area contributed by atoms with Crippen LogP contribution in [-0.4, -0.2) is 39.0 Å². The van der Waals surface area contributed by atoms with Crippen LogP contribution in [-0.2, 0) is 20.3 Å². The van der Waals surface area contributed by atoms with Crippen molar-refractivity contribution in [3.05, 3.63) is 35.3 Å². The molecule has 1 aromatic carbocycles. The molecule has 3 rings (SSSR count). The van der Waals surface area contributed by atoms with Crippen LogP contribution < -0.4 is 4.74 Å². The van der Waals surface area contributed by atoms with E-state index in [2.05, 4.69) is 4.98 Å². The third-order valence-electron chi connectivity index (χ3n) is 3.72. The lowest BCUT2D eigenvalue weighted by molar-refractivity contribution is 0.127. The predicted molar refractivity (Wildman–Crippen MR) is 90.6 cm³/mol. The second-order valence-electron chi connectivity index (χ2n) is 5.53. The minimum Gasteiger partial charge on any atom is -0.496 e. The van der Waals surface area contributed by atoms with Gasteiger partial charge in [-0.05, 0) is 25.0 Å². The molecule has 5 nitrogen and oxygen atoms in total. The van der Waals surface area contributed by atoms with Crippen molar-refractivity contribution in [1.82, 2.24) is 4.98 Å². The smallest absolute Gasteiger partial charge is 0.158 e. The van der Waals surface area contributed by atoms with Gasteiger partial charge in [0.25, 0.3) is 0 Å². The van der Waals surface area contributed by atoms with Crippen LogP contribution in [0.2, 0.25) is 0 Å². The lowest BCUT2D eigenvalue weighted by Crippen LogP contribution is -2.21. The number of hydrogen-bond donors (Lipinski definition) is 0. The number of benzene rings is 1. The van der Waals surface area contributed by atoms with Gasteiger partial charge in [0.2, 0.25) is 0 Å². The maximum absolute atomic E-state index is 12.3. The molecule has 1 atom stereocenters. The van der Waals surface area contributed by atoms with E-state index in [4.69, 9.17) is 9.47 Å². The Hall–Kier alpha value is -1.44. The van der Waals surface area contributed by atoms with Gasteiger partial charge in [0, 0.05) is 12.0 Å². The third kappa shape index (κ3) is 4.10. The molecule has 0 radical (unpaired) electrons. The van der Waals surface area contributed by atoms with Crippen molar-refractivity contribution in [2.24, 2.45) is 0 Å². The summed E-state index contributed by atoms with van der Waals surface area (Å²) in [6.07, 6.45) is 1.60. The van der Waals surface area contributed by atoms with E-state index < -0.39 is 9.84 Å². The SMILES string of the molecule is COc1ccccc1-c1nc(CS(=O)(=O)CC2CCCO2)cs1. The normalized spacial score (nSPS) is 18.2. The van der Waals surface area contributed by atoms with Crippen LogP contribution in [0, 0.1) is 0 Å². The first-order valence-electron chi connectivity index (χ1n) is 7.47. The zero-order valence-electron chi connectivity index (χ0n) is 12.9. The van der Waals surface area contributed by atoms with Crippen molar-refractivity contribution >= 4 is 21.2 Å². The number of aromatic nitrogens is 1. The van der Waals surface area contributed by atoms with Crippen LogP contribution >= 0.6 is 11.3 Å². The van der Waals surface area contributed by atoms with Crippen molar-refractivity contribution in [2.45, 2.75) is 24.7 Å². The van der Waals surface area contributed by atoms with E-state index >= 15 is 0 Å². The number of ether oxygens (including phenoxy) is 2. The third-order valence-corrected chi connectivity index (χ3v) is 6.26. The predicted octanol–water partition coefficient (Wildman–Crippen LogP) is 2.91. The number of methoxy groups -OCH3 is 1. The zero-order chi connectivity index (χ0) is 16.3. The highest BCUT2D eigenvalue weighted by molar-refractivity contribution is 7.90. The van der Waals surface area contributed by atoms with Crippen LogP contribution in [0.1, 0.15) is 18.5 Å². The molecule has 0 N–H and O–H groups in total. The summed E-state index contributed by atoms with van der Waals surface area (Å²) in [7, 11) is -1.60. The summed E-state index contributed by atoms with van der Waals surface area (Å²) < 4.78 is 35.3. The van der Waals surface area contributed by atoms with Crippen LogP contribution in [0.3, 0.4) is 0 Å². The standard InChI is InChI=1S/C16H19NO4S2/c1-20-15-7-3-2-6-14(15)16-17-12(9-22-16)10-23(18,19)11-13-5-4-8-21-13/h2-3,6-7,9,13H,4-5,8,10-11H2,1H3. The number of nitrogens with zero attached hydrogens (tertiary/aromatic N) is 1. The van der Waals surface area contributed by atoms with Crippen molar-refractivity contribution in [1.29, 1.82) is 0 Å². The van der Waals surface area contributed by atoms with Crippen LogP contribution in [0.15, 0.2) is 29.6 Å². The summed E-state index contributed by atoms with van der Waals surface area (Å²) in [5.74, 6) is 0.767. The molecular formula is C16H19NO4S2. The quantitative estimate of drug-likeness (QED) is 0.799. The number of sulfone groups is 1. The summed E-state index contributed by atoms with van der Waals surface area (Å²) in [6, 6.07) is 7.59. The summed E-state index contributed by atoms with van der Waals surface area (Å²) in [4.78, 5) is 4.47. The first-order valence-corrected chi connectivity index (χ1v) is 10.2. The minimum absolute atomic E-state index is 0.0431. The Morgan fingerprint density at radius 1 is 1.39 bits per heavy atom. The molecule has 2 heterocycles. The van der Waals surface area contributed by atoms with Gasteiger partial charge >= 0.3 is 0 Å². The Morgan fingerprint density at radius 2 is 2.22 bits per heavy atom. The molecule has 0 aliphatic carbocycles. The Balaban J connectivity index is 1.74. The summed E-state index contributed by atoms with van der Waals surface area (Å²) in [5, 5.41) is 2.57. The topological polar surface area (TPSA) is 65.5 Å². The van der Waals surface area contributed by atoms with E-state index in [-0.39, 0.29) is 17.6 Å². The highest BCUT2D eigenvalue weighted by Gasteiger charge is 2.24. The summed E-state index contributed by atoms with van der Waals surface area (Å²) in [5.41, 5.74) is 1.46. The van der Waals surface area contributed by atoms with Gasteiger partial charge in [0.15, 0.2) is 9.84 Å². The molecule has 1 aliphatic heterocycles. The van der Waals surface area contributed by atoms with Gasteiger partial charge in [-0.1, -0.05) is 12.1 Å². The van der Waals surface area contributed by atoms with Crippen LogP contribution in [0.5, 0.6) is 5.75 Å². The molecule has 0 amide bonds. The molecule has 1 saturated heterocycles. The van der Waals surface area contributed by atoms with E-state index in [1.54, 1.807) is 12.5 Å². The van der Waals surface area contributed by atoms with Gasteiger partial charge in [-0.15, -0.1) is 11.3 Å². The molecule has 0 bridgehead atoms. The van der Waals surface area contributed by atoms with Gasteiger partial charge in [0.05, 0.1) is 36.0 Å². The average molecular weight is 353 g/mol. The number of hydrogen-bond acceptors (Lipinski definition) is 6. The van der Waals surface area contributed by atoms with Crippen molar-refractivity contribution < 1.29 is 17.9 Å². The zero-order valence-corrected chi connectivity index (χ0v) is 14.5. The Morgan fingerprint density at radius 3 is 2.96 bits per heavy atom. The lowest BCUT2D eigenvalue weighted by atomic mass is 10.2. The number of para-hydroxylation sites is 1. The maximum Gasteiger partial charge on any atom is 0.158 e. The molecule has 1 aliphatic rings. The van der Waals surface area contributed by atoms with Gasteiger partial charge < -0.3 is 9.47 Å². The first kappa shape index (κ1) is 16.4. The maximum atomic E-state index is 12.3. The second kappa shape index (κ2) is 6.98. The molecule has 1 aromatic heterocycles. The Kier molecular flexibility index (Phi) is 4.99. The van der Waals surface area contributed by atoms with Gasteiger partial charge in [-0.25, -0.2) is 13.4 Å². The highest BCUT2D eigenvalue weighted by atomic mass is 32.2. The molecule has 1 fully saturated rings. The van der Waals surface area contributed by atoms with E-state index in [0.29, 0.717) is 12.3 Å². The Bertz CT molecular complexity index is 764. The first-order chi connectivity index (χ1) is 11.1. The molecule has 124 valence electrons. The highest BCUT2D eigenvalue weighted by Crippen LogP contribution is 2.32. The summed E-state index contributed by atoms with van der Waals surface area (Å²) in [6.45, 7) is 0.662. The summed E-state index contributed by atoms with van der Waals surface area (Å²) >= 11 is 1.43. The van der Waals surface area contributed by atoms with Crippen molar-refractivity contribution in [3.8, 4) is 16.3 Å². The number of thiazole rings is 1. The fourth-order valence-corrected chi connectivity index (χ4v) is 5.16. The molecule has 2 aromatic rings. The van der Waals surface area contributed by atoms with Crippen LogP contribution in [0.4, 0.5) is 0 Å². The van der Waals surface area contributed by atoms with Crippen molar-refractivity contribution in [2.75, 3.05) is 19.5 Å². The fraction of sp³-hybridized carbons (Fsp3) is 0.438. The molecule has 23 heavy (non-hydrogen) atoms. The average Bonchev–Trinajstić information content (AvgIpc) is 3.18. The molecular weight excluding hydrogens is 334 g/mol. The second-order valence-corrected chi connectivity index (χ2v) is 8.50. The van der Waals surface area contributed by atoms with Gasteiger partial charge in [0.1, 0.15) is 10.8 Å². The lowest BCUT2D eigenvalue weighted by Gasteiger charge is -2.09. The van der Waals surface area contributed by atoms with E-state index in [1.165, 1.54) is 11.3 Å². The van der Waals surface area contributed by atoms with E-state index in [9.17, 15) is 8.42 Å². The van der Waals surface area contributed by atoms with Gasteiger partial charge in [-0.2, -0.15) is 0 Å². The molecule has 0 spiro atoms. The van der Waals surface area contributed by atoms with E-state index in [0.717, 1.165) is 29.2 Å². The van der Waals surface area contributed by atoms with Crippen LogP contribution in [0.25, 0.3) is 10.6 Å². The largest absolute Gasteiger partial charge is 0.496 e. The monoisotopic (exact) mass is 353 g/mol. The molecule has 0 saturated carbocycles. The minimum atomic E-state index is -3.21.